The van der Waals surface area contributed by atoms with Gasteiger partial charge in [0.2, 0.25) is 0 Å². The van der Waals surface area contributed by atoms with Crippen molar-refractivity contribution in [3.8, 4) is 11.5 Å². The third-order valence-corrected chi connectivity index (χ3v) is 5.70. The van der Waals surface area contributed by atoms with E-state index in [9.17, 15) is 14.4 Å². The summed E-state index contributed by atoms with van der Waals surface area (Å²) in [5.41, 5.74) is 1.94. The number of hydrogen-bond acceptors (Lipinski definition) is 6. The molecule has 192 valence electrons. The van der Waals surface area contributed by atoms with E-state index in [1.165, 1.54) is 0 Å². The Bertz CT molecular complexity index is 1110. The molecule has 0 saturated carbocycles. The Balaban J connectivity index is 2.01. The van der Waals surface area contributed by atoms with Crippen LogP contribution in [0.1, 0.15) is 44.9 Å². The van der Waals surface area contributed by atoms with Crippen LogP contribution in [0.2, 0.25) is 0 Å². The molecule has 0 bridgehead atoms. The monoisotopic (exact) mass is 495 g/mol. The van der Waals surface area contributed by atoms with Gasteiger partial charge in [-0.2, -0.15) is 0 Å². The topological polar surface area (TPSA) is 106 Å². The summed E-state index contributed by atoms with van der Waals surface area (Å²) < 4.78 is 16.9. The van der Waals surface area contributed by atoms with Gasteiger partial charge in [0.25, 0.3) is 5.91 Å². The average Bonchev–Trinajstić information content (AvgIpc) is 2.89. The summed E-state index contributed by atoms with van der Waals surface area (Å²) in [4.78, 5) is 39.8. The van der Waals surface area contributed by atoms with Crippen LogP contribution < -0.4 is 20.1 Å². The Morgan fingerprint density at radius 1 is 0.917 bits per heavy atom. The van der Waals surface area contributed by atoms with E-state index in [1.807, 2.05) is 51.1 Å². The van der Waals surface area contributed by atoms with Gasteiger partial charge in [-0.15, -0.1) is 0 Å². The van der Waals surface area contributed by atoms with Crippen molar-refractivity contribution in [1.29, 1.82) is 0 Å². The van der Waals surface area contributed by atoms with Gasteiger partial charge in [0.1, 0.15) is 0 Å². The molecule has 3 amide bonds. The zero-order valence-corrected chi connectivity index (χ0v) is 21.1. The normalized spacial score (nSPS) is 15.0. The maximum absolute atomic E-state index is 13.1. The van der Waals surface area contributed by atoms with Crippen molar-refractivity contribution in [2.45, 2.75) is 33.7 Å². The second-order valence-corrected chi connectivity index (χ2v) is 7.90. The van der Waals surface area contributed by atoms with E-state index < -0.39 is 18.0 Å². The van der Waals surface area contributed by atoms with Gasteiger partial charge in [0.05, 0.1) is 30.5 Å². The summed E-state index contributed by atoms with van der Waals surface area (Å²) in [6.45, 7) is 8.99. The quantitative estimate of drug-likeness (QED) is 0.461. The molecule has 0 radical (unpaired) electrons. The SMILES string of the molecule is CCOC(=O)C1=C(c2ccccc2)NC(=O)NC1c1ccc(OCC(=O)N(CC)CC)c(OCC)c1. The molecule has 0 fully saturated rings. The molecule has 0 aliphatic carbocycles. The van der Waals surface area contributed by atoms with Gasteiger partial charge >= 0.3 is 12.0 Å². The van der Waals surface area contributed by atoms with Gasteiger partial charge in [-0.05, 0) is 51.0 Å². The minimum absolute atomic E-state index is 0.128. The second kappa shape index (κ2) is 12.6. The molecule has 0 aromatic heterocycles. The predicted octanol–water partition coefficient (Wildman–Crippen LogP) is 3.66. The van der Waals surface area contributed by atoms with E-state index in [1.54, 1.807) is 30.0 Å². The molecule has 2 N–H and O–H groups in total. The van der Waals surface area contributed by atoms with E-state index in [0.29, 0.717) is 48.0 Å². The number of ether oxygens (including phenoxy) is 3. The maximum atomic E-state index is 13.1. The molecular weight excluding hydrogens is 462 g/mol. The third kappa shape index (κ3) is 6.16. The molecule has 1 aliphatic rings. The number of benzene rings is 2. The number of carbonyl (C=O) groups excluding carboxylic acids is 3. The molecular formula is C27H33N3O6. The molecule has 9 nitrogen and oxygen atoms in total. The van der Waals surface area contributed by atoms with Crippen LogP contribution in [0.25, 0.3) is 5.70 Å². The molecule has 1 heterocycles. The number of carbonyl (C=O) groups is 3. The van der Waals surface area contributed by atoms with Gasteiger partial charge in [0.15, 0.2) is 18.1 Å². The number of rotatable bonds is 11. The molecule has 9 heteroatoms. The van der Waals surface area contributed by atoms with E-state index in [4.69, 9.17) is 14.2 Å². The lowest BCUT2D eigenvalue weighted by molar-refractivity contribution is -0.139. The maximum Gasteiger partial charge on any atom is 0.338 e. The summed E-state index contributed by atoms with van der Waals surface area (Å²) in [5.74, 6) is 0.125. The zero-order chi connectivity index (χ0) is 26.1. The lowest BCUT2D eigenvalue weighted by Crippen LogP contribution is -2.45. The first-order valence-electron chi connectivity index (χ1n) is 12.1. The van der Waals surface area contributed by atoms with Crippen LogP contribution in [0.15, 0.2) is 54.1 Å². The summed E-state index contributed by atoms with van der Waals surface area (Å²) in [6.07, 6.45) is 0. The molecule has 1 atom stereocenters. The van der Waals surface area contributed by atoms with Crippen molar-refractivity contribution >= 4 is 23.6 Å². The largest absolute Gasteiger partial charge is 0.490 e. The minimum atomic E-state index is -0.793. The van der Waals surface area contributed by atoms with Crippen LogP contribution >= 0.6 is 0 Å². The number of urea groups is 1. The lowest BCUT2D eigenvalue weighted by Gasteiger charge is -2.30. The van der Waals surface area contributed by atoms with Crippen LogP contribution in [0.5, 0.6) is 11.5 Å². The third-order valence-electron chi connectivity index (χ3n) is 5.70. The number of likely N-dealkylation sites (N-methyl/N-ethyl adjacent to an activating group) is 1. The highest BCUT2D eigenvalue weighted by molar-refractivity contribution is 6.04. The van der Waals surface area contributed by atoms with E-state index in [-0.39, 0.29) is 24.7 Å². The molecule has 2 aromatic carbocycles. The first kappa shape index (κ1) is 26.6. The van der Waals surface area contributed by atoms with Crippen LogP contribution in [0.3, 0.4) is 0 Å². The highest BCUT2D eigenvalue weighted by Crippen LogP contribution is 2.36. The Morgan fingerprint density at radius 2 is 1.64 bits per heavy atom. The van der Waals surface area contributed by atoms with E-state index in [0.717, 1.165) is 0 Å². The van der Waals surface area contributed by atoms with Crippen LogP contribution in [0.4, 0.5) is 4.79 Å². The average molecular weight is 496 g/mol. The molecule has 0 saturated heterocycles. The first-order valence-corrected chi connectivity index (χ1v) is 12.1. The van der Waals surface area contributed by atoms with Gasteiger partial charge in [-0.1, -0.05) is 36.4 Å². The van der Waals surface area contributed by atoms with Crippen molar-refractivity contribution in [1.82, 2.24) is 15.5 Å². The lowest BCUT2D eigenvalue weighted by atomic mass is 9.92. The standard InChI is InChI=1S/C27H33N3O6/c1-5-30(6-2)22(31)17-36-20-15-14-19(16-21(20)34-7-3)25-23(26(32)35-8-4)24(28-27(33)29-25)18-12-10-9-11-13-18/h9-16,25H,5-8,17H2,1-4H3,(H2,28,29,33). The van der Waals surface area contributed by atoms with Gasteiger partial charge in [-0.3, -0.25) is 4.79 Å². The second-order valence-electron chi connectivity index (χ2n) is 7.90. The fourth-order valence-electron chi connectivity index (χ4n) is 3.97. The molecule has 1 aliphatic heterocycles. The highest BCUT2D eigenvalue weighted by atomic mass is 16.5. The molecule has 36 heavy (non-hydrogen) atoms. The summed E-state index contributed by atoms with van der Waals surface area (Å²) >= 11 is 0. The van der Waals surface area contributed by atoms with Crippen molar-refractivity contribution < 1.29 is 28.6 Å². The van der Waals surface area contributed by atoms with Crippen molar-refractivity contribution in [3.05, 3.63) is 65.2 Å². The Labute approximate surface area is 211 Å². The van der Waals surface area contributed by atoms with Crippen molar-refractivity contribution in [3.63, 3.8) is 0 Å². The van der Waals surface area contributed by atoms with Crippen LogP contribution in [-0.4, -0.2) is 55.7 Å². The van der Waals surface area contributed by atoms with E-state index in [2.05, 4.69) is 10.6 Å². The number of nitrogens with one attached hydrogen (secondary N) is 2. The molecule has 0 spiro atoms. The highest BCUT2D eigenvalue weighted by Gasteiger charge is 2.35. The Hall–Kier alpha value is -4.01. The summed E-state index contributed by atoms with van der Waals surface area (Å²) in [5, 5.41) is 5.58. The summed E-state index contributed by atoms with van der Waals surface area (Å²) in [6, 6.07) is 13.0. The van der Waals surface area contributed by atoms with E-state index >= 15 is 0 Å². The first-order chi connectivity index (χ1) is 17.4. The molecule has 3 rings (SSSR count). The molecule has 1 unspecified atom stereocenters. The minimum Gasteiger partial charge on any atom is -0.490 e. The predicted molar refractivity (Wildman–Crippen MR) is 135 cm³/mol. The Morgan fingerprint density at radius 3 is 2.28 bits per heavy atom. The smallest absolute Gasteiger partial charge is 0.338 e. The number of nitrogens with zero attached hydrogens (tertiary/aromatic N) is 1. The number of hydrogen-bond donors (Lipinski definition) is 2. The van der Waals surface area contributed by atoms with Gasteiger partial charge in [-0.25, -0.2) is 9.59 Å². The van der Waals surface area contributed by atoms with Crippen molar-refractivity contribution in [2.24, 2.45) is 0 Å². The zero-order valence-electron chi connectivity index (χ0n) is 21.1. The number of amides is 3. The van der Waals surface area contributed by atoms with Crippen molar-refractivity contribution in [2.75, 3.05) is 32.9 Å². The van der Waals surface area contributed by atoms with Gasteiger partial charge < -0.3 is 29.7 Å². The molecule has 2 aromatic rings. The fourth-order valence-corrected chi connectivity index (χ4v) is 3.97. The van der Waals surface area contributed by atoms with Crippen LogP contribution in [-0.2, 0) is 14.3 Å². The number of esters is 1. The summed E-state index contributed by atoms with van der Waals surface area (Å²) in [7, 11) is 0. The van der Waals surface area contributed by atoms with Crippen LogP contribution in [0, 0.1) is 0 Å². The fraction of sp³-hybridized carbons (Fsp3) is 0.370. The van der Waals surface area contributed by atoms with Gasteiger partial charge in [0, 0.05) is 13.1 Å². The Kier molecular flexibility index (Phi) is 9.32.